The summed E-state index contributed by atoms with van der Waals surface area (Å²) in [6.45, 7) is 5.84. The van der Waals surface area contributed by atoms with Crippen molar-refractivity contribution < 1.29 is 9.53 Å². The van der Waals surface area contributed by atoms with Crippen LogP contribution in [0.15, 0.2) is 46.2 Å². The number of halogens is 2. The number of fused-ring (bicyclic) bond motifs is 3. The van der Waals surface area contributed by atoms with Crippen molar-refractivity contribution >= 4 is 52.3 Å². The Bertz CT molecular complexity index is 1290. The number of carbonyl (C=O) groups excluding carboxylic acids is 1. The molecule has 0 aliphatic carbocycles. The van der Waals surface area contributed by atoms with E-state index < -0.39 is 0 Å². The number of rotatable bonds is 6. The van der Waals surface area contributed by atoms with E-state index >= 15 is 0 Å². The number of anilines is 4. The first-order valence-electron chi connectivity index (χ1n) is 12.2. The second kappa shape index (κ2) is 10.0. The Morgan fingerprint density at radius 2 is 2.00 bits per heavy atom. The van der Waals surface area contributed by atoms with Crippen LogP contribution in [0.4, 0.5) is 23.1 Å². The molecule has 2 aromatic rings. The minimum absolute atomic E-state index is 0.251. The summed E-state index contributed by atoms with van der Waals surface area (Å²) < 4.78 is 5.75. The summed E-state index contributed by atoms with van der Waals surface area (Å²) in [5.74, 6) is 1.46. The molecule has 9 nitrogen and oxygen atoms in total. The van der Waals surface area contributed by atoms with Gasteiger partial charge in [-0.2, -0.15) is 4.98 Å². The molecule has 2 fully saturated rings. The summed E-state index contributed by atoms with van der Waals surface area (Å²) in [5.41, 5.74) is 2.75. The highest BCUT2D eigenvalue weighted by Gasteiger charge is 2.42. The largest absolute Gasteiger partial charge is 0.495 e. The van der Waals surface area contributed by atoms with Gasteiger partial charge in [0.15, 0.2) is 0 Å². The lowest BCUT2D eigenvalue weighted by molar-refractivity contribution is 0.0798. The van der Waals surface area contributed by atoms with Gasteiger partial charge in [-0.3, -0.25) is 14.6 Å². The number of nitrogens with zero attached hydrogens (tertiary/aromatic N) is 6. The van der Waals surface area contributed by atoms with Crippen LogP contribution in [0.25, 0.3) is 0 Å². The monoisotopic (exact) mass is 543 g/mol. The Labute approximate surface area is 227 Å². The van der Waals surface area contributed by atoms with Crippen LogP contribution in [0.3, 0.4) is 0 Å². The number of hydrogen-bond acceptors (Lipinski definition) is 8. The van der Waals surface area contributed by atoms with Crippen LogP contribution in [0, 0.1) is 0 Å². The fraction of sp³-hybridized carbons (Fsp3) is 0.423. The summed E-state index contributed by atoms with van der Waals surface area (Å²) in [7, 11) is 5.74. The van der Waals surface area contributed by atoms with Gasteiger partial charge in [-0.25, -0.2) is 4.98 Å². The van der Waals surface area contributed by atoms with E-state index in [0.29, 0.717) is 45.2 Å². The lowest BCUT2D eigenvalue weighted by Gasteiger charge is -2.36. The lowest BCUT2D eigenvalue weighted by Crippen LogP contribution is -2.45. The zero-order valence-corrected chi connectivity index (χ0v) is 23.1. The van der Waals surface area contributed by atoms with E-state index in [1.165, 1.54) is 17.5 Å². The lowest BCUT2D eigenvalue weighted by atomic mass is 10.2. The van der Waals surface area contributed by atoms with Crippen LogP contribution in [0.2, 0.25) is 0 Å². The van der Waals surface area contributed by atoms with Crippen LogP contribution >= 0.6 is 23.2 Å². The van der Waals surface area contributed by atoms with Gasteiger partial charge < -0.3 is 19.9 Å². The molecule has 4 heterocycles. The van der Waals surface area contributed by atoms with Crippen molar-refractivity contribution in [1.29, 1.82) is 0 Å². The van der Waals surface area contributed by atoms with Crippen molar-refractivity contribution in [3.05, 3.63) is 51.8 Å². The van der Waals surface area contributed by atoms with E-state index in [1.54, 1.807) is 27.0 Å². The van der Waals surface area contributed by atoms with Crippen LogP contribution < -0.4 is 19.9 Å². The first-order chi connectivity index (χ1) is 17.7. The average Bonchev–Trinajstić information content (AvgIpc) is 3.46. The second-order valence-corrected chi connectivity index (χ2v) is 10.6. The summed E-state index contributed by atoms with van der Waals surface area (Å²) in [6.07, 6.45) is 4.43. The minimum atomic E-state index is -0.258. The number of amides is 1. The number of piperazine rings is 1. The molecular weight excluding hydrogens is 513 g/mol. The third-order valence-electron chi connectivity index (χ3n) is 7.29. The van der Waals surface area contributed by atoms with Gasteiger partial charge in [0.2, 0.25) is 5.95 Å². The SMILES string of the molecule is C/C=C(Cl)\C(=C(/C)Cl)N1CN(C)c2nc(Nc3ccc(N4C[C@@H]5C[C@H]4CN5C)c(OC)c3)ncc2C1=O. The van der Waals surface area contributed by atoms with Gasteiger partial charge in [0, 0.05) is 55.2 Å². The second-order valence-electron chi connectivity index (χ2n) is 9.67. The van der Waals surface area contributed by atoms with Gasteiger partial charge in [-0.1, -0.05) is 29.3 Å². The number of allylic oxidation sites excluding steroid dienone is 3. The number of aromatic nitrogens is 2. The molecule has 1 N–H and O–H groups in total. The van der Waals surface area contributed by atoms with E-state index in [1.807, 2.05) is 24.1 Å². The van der Waals surface area contributed by atoms with Gasteiger partial charge in [0.25, 0.3) is 5.91 Å². The molecule has 3 aliphatic rings. The number of ether oxygens (including phenoxy) is 1. The third-order valence-corrected chi connectivity index (χ3v) is 7.87. The summed E-state index contributed by atoms with van der Waals surface area (Å²) in [5, 5.41) is 4.10. The zero-order valence-electron chi connectivity index (χ0n) is 21.6. The normalized spacial score (nSPS) is 22.4. The maximum absolute atomic E-state index is 13.3. The molecule has 1 amide bonds. The van der Waals surface area contributed by atoms with Gasteiger partial charge in [-0.05, 0) is 39.4 Å². The number of likely N-dealkylation sites (N-methyl/N-ethyl adjacent to an activating group) is 1. The summed E-state index contributed by atoms with van der Waals surface area (Å²) in [6, 6.07) is 7.16. The molecule has 0 unspecified atom stereocenters. The van der Waals surface area contributed by atoms with Gasteiger partial charge in [0.1, 0.15) is 17.1 Å². The molecule has 2 bridgehead atoms. The first kappa shape index (κ1) is 25.6. The molecule has 2 saturated heterocycles. The number of carbonyl (C=O) groups is 1. The van der Waals surface area contributed by atoms with Crippen LogP contribution in [0.1, 0.15) is 30.6 Å². The Balaban J connectivity index is 1.38. The maximum atomic E-state index is 13.3. The Kier molecular flexibility index (Phi) is 6.95. The van der Waals surface area contributed by atoms with E-state index in [-0.39, 0.29) is 12.6 Å². The minimum Gasteiger partial charge on any atom is -0.495 e. The van der Waals surface area contributed by atoms with E-state index in [4.69, 9.17) is 27.9 Å². The molecule has 11 heteroatoms. The Hall–Kier alpha value is -3.01. The van der Waals surface area contributed by atoms with Gasteiger partial charge >= 0.3 is 0 Å². The molecule has 1 aromatic carbocycles. The molecule has 0 saturated carbocycles. The molecular formula is C26H31Cl2N7O2. The van der Waals surface area contributed by atoms with Gasteiger partial charge in [-0.15, -0.1) is 0 Å². The number of likely N-dealkylation sites (tertiary alicyclic amines) is 1. The number of hydrogen-bond donors (Lipinski definition) is 1. The molecule has 37 heavy (non-hydrogen) atoms. The highest BCUT2D eigenvalue weighted by atomic mass is 35.5. The highest BCUT2D eigenvalue weighted by Crippen LogP contribution is 2.40. The predicted molar refractivity (Wildman–Crippen MR) is 148 cm³/mol. The number of methoxy groups -OCH3 is 1. The molecule has 5 rings (SSSR count). The van der Waals surface area contributed by atoms with Crippen molar-refractivity contribution in [3.63, 3.8) is 0 Å². The van der Waals surface area contributed by atoms with Crippen LogP contribution in [-0.2, 0) is 0 Å². The number of benzene rings is 1. The molecule has 1 aromatic heterocycles. The molecule has 196 valence electrons. The van der Waals surface area contributed by atoms with Crippen molar-refractivity contribution in [2.75, 3.05) is 56.1 Å². The van der Waals surface area contributed by atoms with E-state index in [0.717, 1.165) is 30.2 Å². The summed E-state index contributed by atoms with van der Waals surface area (Å²) in [4.78, 5) is 30.7. The predicted octanol–water partition coefficient (Wildman–Crippen LogP) is 4.58. The van der Waals surface area contributed by atoms with E-state index in [2.05, 4.69) is 38.2 Å². The fourth-order valence-corrected chi connectivity index (χ4v) is 5.93. The third kappa shape index (κ3) is 4.60. The average molecular weight is 544 g/mol. The Morgan fingerprint density at radius 1 is 1.22 bits per heavy atom. The quantitative estimate of drug-likeness (QED) is 0.530. The highest BCUT2D eigenvalue weighted by molar-refractivity contribution is 6.35. The molecule has 0 radical (unpaired) electrons. The zero-order chi connectivity index (χ0) is 26.4. The molecule has 3 aliphatic heterocycles. The Morgan fingerprint density at radius 3 is 2.62 bits per heavy atom. The van der Waals surface area contributed by atoms with Crippen molar-refractivity contribution in [3.8, 4) is 5.75 Å². The van der Waals surface area contributed by atoms with Gasteiger partial charge in [0.05, 0.1) is 30.2 Å². The fourth-order valence-electron chi connectivity index (χ4n) is 5.43. The van der Waals surface area contributed by atoms with Crippen LogP contribution in [-0.4, -0.2) is 78.7 Å². The number of nitrogens with one attached hydrogen (secondary N) is 1. The smallest absolute Gasteiger partial charge is 0.265 e. The first-order valence-corrected chi connectivity index (χ1v) is 13.0. The van der Waals surface area contributed by atoms with Crippen LogP contribution in [0.5, 0.6) is 5.75 Å². The van der Waals surface area contributed by atoms with Crippen molar-refractivity contribution in [1.82, 2.24) is 19.8 Å². The van der Waals surface area contributed by atoms with Crippen molar-refractivity contribution in [2.45, 2.75) is 32.4 Å². The van der Waals surface area contributed by atoms with E-state index in [9.17, 15) is 4.79 Å². The van der Waals surface area contributed by atoms with Crippen molar-refractivity contribution in [2.24, 2.45) is 0 Å². The maximum Gasteiger partial charge on any atom is 0.265 e. The molecule has 0 spiro atoms. The summed E-state index contributed by atoms with van der Waals surface area (Å²) >= 11 is 12.7. The standard InChI is InChI=1S/C26H31Cl2N7O2/c1-6-20(28)23(15(2)27)35-14-33(4)24-19(25(35)36)11-29-26(31-24)30-16-7-8-21(22(9-16)37-5)34-13-17-10-18(34)12-32(17)3/h6-9,11,17-18H,10,12-14H2,1-5H3,(H,29,30,31)/b20-6+,23-15-/t17-,18-/m0/s1. The topological polar surface area (TPSA) is 77.1 Å². The molecule has 2 atom stereocenters.